The van der Waals surface area contributed by atoms with Crippen LogP contribution in [0, 0.1) is 12.7 Å². The van der Waals surface area contributed by atoms with Crippen molar-refractivity contribution in [1.82, 2.24) is 5.43 Å². The van der Waals surface area contributed by atoms with Crippen molar-refractivity contribution < 1.29 is 4.39 Å². The zero-order valence-electron chi connectivity index (χ0n) is 11.0. The third kappa shape index (κ3) is 3.79. The number of benzene rings is 2. The van der Waals surface area contributed by atoms with E-state index in [-0.39, 0.29) is 11.9 Å². The lowest BCUT2D eigenvalue weighted by Gasteiger charge is -2.18. The zero-order valence-corrected chi connectivity index (χ0v) is 13.3. The Hall–Kier alpha value is -0.940. The van der Waals surface area contributed by atoms with Gasteiger partial charge in [-0.2, -0.15) is 0 Å². The van der Waals surface area contributed by atoms with Gasteiger partial charge in [0.05, 0.1) is 6.04 Å². The van der Waals surface area contributed by atoms with Crippen LogP contribution in [-0.2, 0) is 6.42 Å². The standard InChI is InChI=1S/C15H15BrClFN2/c1-9-4-11(6-12(16)5-9)15(20-19)8-10-7-13(17)2-3-14(10)18/h2-7,15,20H,8,19H2,1H3. The highest BCUT2D eigenvalue weighted by Crippen LogP contribution is 2.25. The molecule has 0 aliphatic carbocycles. The third-order valence-electron chi connectivity index (χ3n) is 3.10. The van der Waals surface area contributed by atoms with Gasteiger partial charge in [-0.1, -0.05) is 33.6 Å². The molecule has 3 N–H and O–H groups in total. The molecule has 2 aromatic carbocycles. The smallest absolute Gasteiger partial charge is 0.126 e. The van der Waals surface area contributed by atoms with E-state index in [0.717, 1.165) is 15.6 Å². The second kappa shape index (κ2) is 6.68. The molecule has 0 heterocycles. The molecule has 2 rings (SSSR count). The molecule has 1 unspecified atom stereocenters. The molecule has 20 heavy (non-hydrogen) atoms. The van der Waals surface area contributed by atoms with Crippen molar-refractivity contribution in [2.75, 3.05) is 0 Å². The van der Waals surface area contributed by atoms with E-state index >= 15 is 0 Å². The first-order valence-corrected chi connectivity index (χ1v) is 7.34. The summed E-state index contributed by atoms with van der Waals surface area (Å²) in [6, 6.07) is 10.4. The molecule has 5 heteroatoms. The van der Waals surface area contributed by atoms with E-state index in [1.54, 1.807) is 6.07 Å². The van der Waals surface area contributed by atoms with E-state index in [9.17, 15) is 4.39 Å². The molecule has 1 atom stereocenters. The van der Waals surface area contributed by atoms with Gasteiger partial charge in [0.15, 0.2) is 0 Å². The van der Waals surface area contributed by atoms with Crippen LogP contribution in [0.1, 0.15) is 22.7 Å². The van der Waals surface area contributed by atoms with Gasteiger partial charge in [0.1, 0.15) is 5.82 Å². The molecule has 0 amide bonds. The lowest BCUT2D eigenvalue weighted by molar-refractivity contribution is 0.529. The Morgan fingerprint density at radius 3 is 2.70 bits per heavy atom. The van der Waals surface area contributed by atoms with E-state index in [2.05, 4.69) is 21.4 Å². The molecule has 0 aliphatic heterocycles. The maximum Gasteiger partial charge on any atom is 0.126 e. The first-order chi connectivity index (χ1) is 9.49. The second-order valence-corrected chi connectivity index (χ2v) is 6.07. The molecule has 106 valence electrons. The summed E-state index contributed by atoms with van der Waals surface area (Å²) in [4.78, 5) is 0. The Bertz CT molecular complexity index is 599. The van der Waals surface area contributed by atoms with Crippen molar-refractivity contribution in [2.24, 2.45) is 5.84 Å². The van der Waals surface area contributed by atoms with Gasteiger partial charge in [0, 0.05) is 9.50 Å². The molecule has 0 aromatic heterocycles. The van der Waals surface area contributed by atoms with Gasteiger partial charge in [-0.05, 0) is 60.4 Å². The number of hydrogen-bond acceptors (Lipinski definition) is 2. The summed E-state index contributed by atoms with van der Waals surface area (Å²) in [6.07, 6.45) is 0.429. The normalized spacial score (nSPS) is 12.4. The number of rotatable bonds is 4. The Kier molecular flexibility index (Phi) is 5.16. The number of hydrogen-bond donors (Lipinski definition) is 2. The summed E-state index contributed by atoms with van der Waals surface area (Å²) in [5.41, 5.74) is 5.39. The van der Waals surface area contributed by atoms with E-state index in [0.29, 0.717) is 17.0 Å². The molecule has 2 aromatic rings. The lowest BCUT2D eigenvalue weighted by atomic mass is 9.98. The monoisotopic (exact) mass is 356 g/mol. The van der Waals surface area contributed by atoms with Gasteiger partial charge in [0.25, 0.3) is 0 Å². The number of aryl methyl sites for hydroxylation is 1. The maximum atomic E-state index is 13.8. The van der Waals surface area contributed by atoms with Crippen LogP contribution in [0.25, 0.3) is 0 Å². The van der Waals surface area contributed by atoms with Gasteiger partial charge < -0.3 is 0 Å². The van der Waals surface area contributed by atoms with Crippen molar-refractivity contribution in [1.29, 1.82) is 0 Å². The van der Waals surface area contributed by atoms with Crippen molar-refractivity contribution in [3.05, 3.63) is 68.4 Å². The highest BCUT2D eigenvalue weighted by atomic mass is 79.9. The highest BCUT2D eigenvalue weighted by Gasteiger charge is 2.14. The van der Waals surface area contributed by atoms with Crippen LogP contribution >= 0.6 is 27.5 Å². The second-order valence-electron chi connectivity index (χ2n) is 4.72. The van der Waals surface area contributed by atoms with Gasteiger partial charge in [-0.3, -0.25) is 11.3 Å². The number of nitrogens with one attached hydrogen (secondary N) is 1. The topological polar surface area (TPSA) is 38.0 Å². The average Bonchev–Trinajstić information content (AvgIpc) is 2.38. The predicted molar refractivity (Wildman–Crippen MR) is 84.1 cm³/mol. The molecule has 0 aliphatic rings. The van der Waals surface area contributed by atoms with Gasteiger partial charge in [-0.15, -0.1) is 0 Å². The van der Waals surface area contributed by atoms with Crippen LogP contribution in [-0.4, -0.2) is 0 Å². The summed E-state index contributed by atoms with van der Waals surface area (Å²) in [6.45, 7) is 2.00. The van der Waals surface area contributed by atoms with E-state index in [1.165, 1.54) is 12.1 Å². The summed E-state index contributed by atoms with van der Waals surface area (Å²) in [5.74, 6) is 5.34. The van der Waals surface area contributed by atoms with E-state index in [1.807, 2.05) is 25.1 Å². The largest absolute Gasteiger partial charge is 0.271 e. The summed E-state index contributed by atoms with van der Waals surface area (Å²) in [5, 5.41) is 0.516. The first-order valence-electron chi connectivity index (χ1n) is 6.16. The Balaban J connectivity index is 2.30. The van der Waals surface area contributed by atoms with Crippen LogP contribution in [0.2, 0.25) is 5.02 Å². The van der Waals surface area contributed by atoms with Crippen LogP contribution in [0.15, 0.2) is 40.9 Å². The first kappa shape index (κ1) is 15.4. The van der Waals surface area contributed by atoms with Crippen molar-refractivity contribution >= 4 is 27.5 Å². The Morgan fingerprint density at radius 2 is 2.05 bits per heavy atom. The van der Waals surface area contributed by atoms with Crippen LogP contribution in [0.3, 0.4) is 0 Å². The quantitative estimate of drug-likeness (QED) is 0.632. The third-order valence-corrected chi connectivity index (χ3v) is 3.79. The molecule has 2 nitrogen and oxygen atoms in total. The fourth-order valence-corrected chi connectivity index (χ4v) is 2.98. The molecular formula is C15H15BrClFN2. The van der Waals surface area contributed by atoms with Gasteiger partial charge in [-0.25, -0.2) is 4.39 Å². The van der Waals surface area contributed by atoms with E-state index in [4.69, 9.17) is 17.4 Å². The lowest BCUT2D eigenvalue weighted by Crippen LogP contribution is -2.29. The van der Waals surface area contributed by atoms with Crippen molar-refractivity contribution in [3.8, 4) is 0 Å². The van der Waals surface area contributed by atoms with Crippen LogP contribution < -0.4 is 11.3 Å². The molecule has 0 fully saturated rings. The number of nitrogens with two attached hydrogens (primary N) is 1. The van der Waals surface area contributed by atoms with Gasteiger partial charge >= 0.3 is 0 Å². The Labute approximate surface area is 131 Å². The highest BCUT2D eigenvalue weighted by molar-refractivity contribution is 9.10. The Morgan fingerprint density at radius 1 is 1.30 bits per heavy atom. The predicted octanol–water partition coefficient (Wildman–Crippen LogP) is 4.30. The van der Waals surface area contributed by atoms with Gasteiger partial charge in [0.2, 0.25) is 0 Å². The minimum Gasteiger partial charge on any atom is -0.271 e. The molecule has 0 radical (unpaired) electrons. The number of hydrazine groups is 1. The average molecular weight is 358 g/mol. The van der Waals surface area contributed by atoms with Crippen molar-refractivity contribution in [2.45, 2.75) is 19.4 Å². The SMILES string of the molecule is Cc1cc(Br)cc(C(Cc2cc(Cl)ccc2F)NN)c1. The zero-order chi connectivity index (χ0) is 14.7. The molecule has 0 spiro atoms. The molecule has 0 bridgehead atoms. The minimum absolute atomic E-state index is 0.181. The maximum absolute atomic E-state index is 13.8. The minimum atomic E-state index is -0.277. The summed E-state index contributed by atoms with van der Waals surface area (Å²) >= 11 is 9.37. The van der Waals surface area contributed by atoms with Crippen LogP contribution in [0.4, 0.5) is 4.39 Å². The molecular weight excluding hydrogens is 343 g/mol. The molecule has 0 saturated carbocycles. The van der Waals surface area contributed by atoms with Crippen molar-refractivity contribution in [3.63, 3.8) is 0 Å². The van der Waals surface area contributed by atoms with Crippen LogP contribution in [0.5, 0.6) is 0 Å². The molecule has 0 saturated heterocycles. The van der Waals surface area contributed by atoms with E-state index < -0.39 is 0 Å². The fourth-order valence-electron chi connectivity index (χ4n) is 2.16. The summed E-state index contributed by atoms with van der Waals surface area (Å²) < 4.78 is 14.8. The fraction of sp³-hybridized carbons (Fsp3) is 0.200. The summed E-state index contributed by atoms with van der Waals surface area (Å²) in [7, 11) is 0. The number of halogens is 3.